The van der Waals surface area contributed by atoms with Gasteiger partial charge in [0, 0.05) is 13.6 Å². The fourth-order valence-corrected chi connectivity index (χ4v) is 2.15. The van der Waals surface area contributed by atoms with Crippen molar-refractivity contribution in [3.8, 4) is 11.8 Å². The molecule has 0 aliphatic carbocycles. The number of hydrogen-bond acceptors (Lipinski definition) is 3. The number of carbonyl (C=O) groups is 1. The third-order valence-electron chi connectivity index (χ3n) is 3.60. The summed E-state index contributed by atoms with van der Waals surface area (Å²) >= 11 is 0. The molecule has 0 aromatic heterocycles. The number of aryl methyl sites for hydroxylation is 1. The van der Waals surface area contributed by atoms with Crippen molar-refractivity contribution in [3.05, 3.63) is 65.2 Å². The first-order valence-corrected chi connectivity index (χ1v) is 7.57. The Morgan fingerprint density at radius 3 is 2.52 bits per heavy atom. The van der Waals surface area contributed by atoms with Gasteiger partial charge >= 0.3 is 0 Å². The first-order valence-electron chi connectivity index (χ1n) is 7.57. The highest BCUT2D eigenvalue weighted by molar-refractivity contribution is 5.77. The van der Waals surface area contributed by atoms with Crippen LogP contribution in [0.25, 0.3) is 0 Å². The van der Waals surface area contributed by atoms with Gasteiger partial charge in [0.05, 0.1) is 11.6 Å². The van der Waals surface area contributed by atoms with Gasteiger partial charge < -0.3 is 9.64 Å². The van der Waals surface area contributed by atoms with Crippen LogP contribution in [0.3, 0.4) is 0 Å². The number of ether oxygens (including phenoxy) is 1. The molecular formula is C19H20N2O2. The van der Waals surface area contributed by atoms with Crippen molar-refractivity contribution in [2.24, 2.45) is 0 Å². The smallest absolute Gasteiger partial charge is 0.260 e. The number of likely N-dealkylation sites (N-methyl/N-ethyl adjacent to an activating group) is 1. The summed E-state index contributed by atoms with van der Waals surface area (Å²) in [7, 11) is 1.76. The molecule has 0 aliphatic heterocycles. The highest BCUT2D eigenvalue weighted by atomic mass is 16.5. The van der Waals surface area contributed by atoms with Crippen LogP contribution in [0.2, 0.25) is 0 Å². The Kier molecular flexibility index (Phi) is 5.76. The zero-order valence-corrected chi connectivity index (χ0v) is 13.5. The molecule has 0 bridgehead atoms. The van der Waals surface area contributed by atoms with E-state index in [9.17, 15) is 4.79 Å². The molecule has 23 heavy (non-hydrogen) atoms. The van der Waals surface area contributed by atoms with Gasteiger partial charge in [-0.25, -0.2) is 0 Å². The largest absolute Gasteiger partial charge is 0.484 e. The minimum atomic E-state index is -0.105. The van der Waals surface area contributed by atoms with Gasteiger partial charge in [0.2, 0.25) is 0 Å². The second kappa shape index (κ2) is 8.00. The van der Waals surface area contributed by atoms with E-state index in [0.29, 0.717) is 17.9 Å². The molecule has 2 aromatic carbocycles. The summed E-state index contributed by atoms with van der Waals surface area (Å²) in [4.78, 5) is 13.8. The maximum Gasteiger partial charge on any atom is 0.260 e. The van der Waals surface area contributed by atoms with E-state index in [1.165, 1.54) is 5.56 Å². The Morgan fingerprint density at radius 2 is 1.87 bits per heavy atom. The van der Waals surface area contributed by atoms with E-state index in [1.807, 2.05) is 18.2 Å². The van der Waals surface area contributed by atoms with Gasteiger partial charge in [0.15, 0.2) is 6.61 Å². The number of benzene rings is 2. The lowest BCUT2D eigenvalue weighted by Crippen LogP contribution is -2.30. The lowest BCUT2D eigenvalue weighted by Gasteiger charge is -2.18. The number of carbonyl (C=O) groups excluding carboxylic acids is 1. The monoisotopic (exact) mass is 308 g/mol. The zero-order valence-electron chi connectivity index (χ0n) is 13.5. The molecule has 2 rings (SSSR count). The standard InChI is InChI=1S/C19H20N2O2/c1-3-15-7-9-16(10-8-15)13-21(2)19(22)14-23-18-6-4-5-17(11-18)12-20/h4-11H,3,13-14H2,1-2H3. The van der Waals surface area contributed by atoms with Gasteiger partial charge in [-0.2, -0.15) is 5.26 Å². The van der Waals surface area contributed by atoms with Crippen LogP contribution in [0.15, 0.2) is 48.5 Å². The van der Waals surface area contributed by atoms with E-state index in [1.54, 1.807) is 36.2 Å². The topological polar surface area (TPSA) is 53.3 Å². The van der Waals surface area contributed by atoms with Crippen LogP contribution < -0.4 is 4.74 Å². The predicted octanol–water partition coefficient (Wildman–Crippen LogP) is 3.16. The maximum absolute atomic E-state index is 12.1. The van der Waals surface area contributed by atoms with Crippen LogP contribution in [0.5, 0.6) is 5.75 Å². The summed E-state index contributed by atoms with van der Waals surface area (Å²) in [6.45, 7) is 2.62. The zero-order chi connectivity index (χ0) is 16.7. The van der Waals surface area contributed by atoms with Crippen LogP contribution >= 0.6 is 0 Å². The third kappa shape index (κ3) is 4.86. The lowest BCUT2D eigenvalue weighted by atomic mass is 10.1. The molecule has 0 aliphatic rings. The van der Waals surface area contributed by atoms with Crippen LogP contribution in [-0.2, 0) is 17.8 Å². The third-order valence-corrected chi connectivity index (χ3v) is 3.60. The normalized spacial score (nSPS) is 9.96. The van der Waals surface area contributed by atoms with Crippen molar-refractivity contribution in [1.29, 1.82) is 5.26 Å². The average Bonchev–Trinajstić information content (AvgIpc) is 2.60. The Balaban J connectivity index is 1.88. The van der Waals surface area contributed by atoms with E-state index in [2.05, 4.69) is 19.1 Å². The second-order valence-electron chi connectivity index (χ2n) is 5.35. The quantitative estimate of drug-likeness (QED) is 0.823. The predicted molar refractivity (Wildman–Crippen MR) is 88.9 cm³/mol. The van der Waals surface area contributed by atoms with Crippen molar-refractivity contribution in [1.82, 2.24) is 4.90 Å². The van der Waals surface area contributed by atoms with Gasteiger partial charge in [0.25, 0.3) is 5.91 Å². The summed E-state index contributed by atoms with van der Waals surface area (Å²) in [5, 5.41) is 8.85. The van der Waals surface area contributed by atoms with Crippen molar-refractivity contribution < 1.29 is 9.53 Å². The van der Waals surface area contributed by atoms with Crippen molar-refractivity contribution in [2.75, 3.05) is 13.7 Å². The summed E-state index contributed by atoms with van der Waals surface area (Å²) < 4.78 is 5.46. The lowest BCUT2D eigenvalue weighted by molar-refractivity contribution is -0.132. The van der Waals surface area contributed by atoms with Crippen LogP contribution in [0, 0.1) is 11.3 Å². The van der Waals surface area contributed by atoms with E-state index in [0.717, 1.165) is 12.0 Å². The van der Waals surface area contributed by atoms with Crippen LogP contribution in [0.4, 0.5) is 0 Å². The summed E-state index contributed by atoms with van der Waals surface area (Å²) in [6, 6.07) is 17.1. The molecule has 0 N–H and O–H groups in total. The summed E-state index contributed by atoms with van der Waals surface area (Å²) in [6.07, 6.45) is 1.00. The minimum absolute atomic E-state index is 0.0432. The number of nitrogens with zero attached hydrogens (tertiary/aromatic N) is 2. The van der Waals surface area contributed by atoms with Crippen LogP contribution in [-0.4, -0.2) is 24.5 Å². The van der Waals surface area contributed by atoms with Crippen molar-refractivity contribution in [2.45, 2.75) is 19.9 Å². The molecule has 118 valence electrons. The fraction of sp³-hybridized carbons (Fsp3) is 0.263. The number of amides is 1. The SMILES string of the molecule is CCc1ccc(CN(C)C(=O)COc2cccc(C#N)c2)cc1. The van der Waals surface area contributed by atoms with Gasteiger partial charge in [-0.3, -0.25) is 4.79 Å². The fourth-order valence-electron chi connectivity index (χ4n) is 2.15. The first-order chi connectivity index (χ1) is 11.1. The van der Waals surface area contributed by atoms with E-state index in [4.69, 9.17) is 10.00 Å². The second-order valence-corrected chi connectivity index (χ2v) is 5.35. The molecule has 0 saturated carbocycles. The molecule has 0 fully saturated rings. The average molecular weight is 308 g/mol. The number of rotatable bonds is 6. The van der Waals surface area contributed by atoms with Gasteiger partial charge in [-0.05, 0) is 35.7 Å². The molecule has 0 atom stereocenters. The maximum atomic E-state index is 12.1. The van der Waals surface area contributed by atoms with E-state index >= 15 is 0 Å². The minimum Gasteiger partial charge on any atom is -0.484 e. The van der Waals surface area contributed by atoms with Gasteiger partial charge in [-0.15, -0.1) is 0 Å². The summed E-state index contributed by atoms with van der Waals surface area (Å²) in [5.41, 5.74) is 2.88. The van der Waals surface area contributed by atoms with Crippen LogP contribution in [0.1, 0.15) is 23.6 Å². The van der Waals surface area contributed by atoms with E-state index < -0.39 is 0 Å². The molecule has 4 nitrogen and oxygen atoms in total. The molecule has 0 saturated heterocycles. The van der Waals surface area contributed by atoms with Crippen molar-refractivity contribution in [3.63, 3.8) is 0 Å². The van der Waals surface area contributed by atoms with Gasteiger partial charge in [0.1, 0.15) is 5.75 Å². The molecule has 0 spiro atoms. The number of nitriles is 1. The molecular weight excluding hydrogens is 288 g/mol. The molecule has 4 heteroatoms. The highest BCUT2D eigenvalue weighted by Crippen LogP contribution is 2.13. The molecule has 2 aromatic rings. The Hall–Kier alpha value is -2.80. The molecule has 0 heterocycles. The molecule has 0 unspecified atom stereocenters. The Labute approximate surface area is 136 Å². The molecule has 1 amide bonds. The highest BCUT2D eigenvalue weighted by Gasteiger charge is 2.10. The van der Waals surface area contributed by atoms with E-state index in [-0.39, 0.29) is 12.5 Å². The molecule has 0 radical (unpaired) electrons. The Morgan fingerprint density at radius 1 is 1.17 bits per heavy atom. The van der Waals surface area contributed by atoms with Gasteiger partial charge in [-0.1, -0.05) is 37.3 Å². The number of hydrogen-bond donors (Lipinski definition) is 0. The van der Waals surface area contributed by atoms with Crippen molar-refractivity contribution >= 4 is 5.91 Å². The summed E-state index contributed by atoms with van der Waals surface area (Å²) in [5.74, 6) is 0.421. The first kappa shape index (κ1) is 16.6. The Bertz CT molecular complexity index is 702.